The minimum Gasteiger partial charge on any atom is -0.464 e. The molecule has 2 aromatic carbocycles. The Hall–Kier alpha value is -4.40. The Labute approximate surface area is 243 Å². The normalized spacial score (nSPS) is 11.9. The molecule has 0 bridgehead atoms. The Morgan fingerprint density at radius 1 is 0.810 bits per heavy atom. The molecule has 0 unspecified atom stereocenters. The van der Waals surface area contributed by atoms with Crippen LogP contribution in [0.4, 0.5) is 8.78 Å². The number of aryl methyl sites for hydroxylation is 6. The molecule has 0 atom stereocenters. The first-order chi connectivity index (χ1) is 20.0. The lowest BCUT2D eigenvalue weighted by Crippen LogP contribution is -2.44. The minimum atomic E-state index is -1.45. The second kappa shape index (κ2) is 11.8. The van der Waals surface area contributed by atoms with Crippen LogP contribution >= 0.6 is 0 Å². The number of halogens is 2. The molecule has 5 rings (SSSR count). The maximum absolute atomic E-state index is 14.5. The van der Waals surface area contributed by atoms with Crippen LogP contribution in [0.25, 0.3) is 11.0 Å². The lowest BCUT2D eigenvalue weighted by molar-refractivity contribution is -0.141. The molecule has 0 radical (unpaired) electrons. The van der Waals surface area contributed by atoms with Gasteiger partial charge in [0.1, 0.15) is 28.8 Å². The molecule has 0 fully saturated rings. The Morgan fingerprint density at radius 2 is 1.43 bits per heavy atom. The Kier molecular flexibility index (Phi) is 8.20. The molecule has 0 aliphatic carbocycles. The van der Waals surface area contributed by atoms with E-state index in [0.717, 1.165) is 45.4 Å². The lowest BCUT2D eigenvalue weighted by atomic mass is 9.69. The van der Waals surface area contributed by atoms with Crippen molar-refractivity contribution < 1.29 is 22.8 Å². The molecular formula is C33H34F2N4O3. The Bertz CT molecular complexity index is 1720. The first-order valence-electron chi connectivity index (χ1n) is 14.0. The predicted molar refractivity (Wildman–Crippen MR) is 155 cm³/mol. The highest BCUT2D eigenvalue weighted by Crippen LogP contribution is 2.35. The lowest BCUT2D eigenvalue weighted by Gasteiger charge is -2.31. The van der Waals surface area contributed by atoms with Gasteiger partial charge in [0.05, 0.1) is 23.1 Å². The maximum atomic E-state index is 14.5. The summed E-state index contributed by atoms with van der Waals surface area (Å²) in [5, 5.41) is 9.86. The fourth-order valence-electron chi connectivity index (χ4n) is 5.77. The summed E-state index contributed by atoms with van der Waals surface area (Å²) in [6.07, 6.45) is 2.44. The zero-order valence-electron chi connectivity index (χ0n) is 24.3. The summed E-state index contributed by atoms with van der Waals surface area (Å²) in [4.78, 5) is 28.8. The van der Waals surface area contributed by atoms with E-state index in [1.165, 1.54) is 12.1 Å². The van der Waals surface area contributed by atoms with Crippen molar-refractivity contribution in [3.63, 3.8) is 0 Å². The maximum Gasteiger partial charge on any atom is 0.147 e. The van der Waals surface area contributed by atoms with Crippen LogP contribution in [0.2, 0.25) is 0 Å². The number of benzene rings is 2. The highest BCUT2D eigenvalue weighted by Gasteiger charge is 2.45. The minimum absolute atomic E-state index is 0.0476. The molecule has 3 heterocycles. The van der Waals surface area contributed by atoms with Gasteiger partial charge in [-0.15, -0.1) is 0 Å². The number of hydrogen-bond donors (Lipinski definition) is 0. The molecule has 7 nitrogen and oxygen atoms in total. The summed E-state index contributed by atoms with van der Waals surface area (Å²) >= 11 is 0. The molecule has 0 aliphatic rings. The quantitative estimate of drug-likeness (QED) is 0.172. The number of furan rings is 1. The van der Waals surface area contributed by atoms with Crippen molar-refractivity contribution in [1.82, 2.24) is 19.6 Å². The molecule has 5 aromatic rings. The summed E-state index contributed by atoms with van der Waals surface area (Å²) in [5.41, 5.74) is 3.56. The smallest absolute Gasteiger partial charge is 0.147 e. The van der Waals surface area contributed by atoms with Gasteiger partial charge in [0.25, 0.3) is 0 Å². The summed E-state index contributed by atoms with van der Waals surface area (Å²) < 4.78 is 36.9. The average Bonchev–Trinajstić information content (AvgIpc) is 3.63. The number of carbonyl (C=O) groups is 2. The second-order valence-corrected chi connectivity index (χ2v) is 11.1. The van der Waals surface area contributed by atoms with Gasteiger partial charge in [-0.3, -0.25) is 19.0 Å². The fraction of sp³-hybridized carbons (Fsp3) is 0.333. The number of hydrogen-bond acceptors (Lipinski definition) is 5. The summed E-state index contributed by atoms with van der Waals surface area (Å²) in [6, 6.07) is 14.8. The predicted octanol–water partition coefficient (Wildman–Crippen LogP) is 5.97. The SMILES string of the molecule is Cc1cc(CC(Cc2cc(C)nn2C)(C(=O)CCc2ccc3occc3c2)C(=O)CCc2ccc(F)cc2F)n(C)n1. The third-order valence-electron chi connectivity index (χ3n) is 8.03. The van der Waals surface area contributed by atoms with Gasteiger partial charge in [-0.05, 0) is 74.2 Å². The fourth-order valence-corrected chi connectivity index (χ4v) is 5.77. The van der Waals surface area contributed by atoms with E-state index in [0.29, 0.717) is 6.42 Å². The van der Waals surface area contributed by atoms with Crippen LogP contribution in [0, 0.1) is 30.9 Å². The first-order valence-corrected chi connectivity index (χ1v) is 14.0. The van der Waals surface area contributed by atoms with Crippen LogP contribution in [0.5, 0.6) is 0 Å². The number of ketones is 2. The van der Waals surface area contributed by atoms with E-state index in [2.05, 4.69) is 10.2 Å². The monoisotopic (exact) mass is 572 g/mol. The van der Waals surface area contributed by atoms with E-state index in [1.54, 1.807) is 29.7 Å². The van der Waals surface area contributed by atoms with Gasteiger partial charge in [-0.2, -0.15) is 10.2 Å². The molecule has 42 heavy (non-hydrogen) atoms. The molecule has 0 aliphatic heterocycles. The molecule has 9 heteroatoms. The van der Waals surface area contributed by atoms with Gasteiger partial charge in [0.2, 0.25) is 0 Å². The molecule has 218 valence electrons. The van der Waals surface area contributed by atoms with Gasteiger partial charge in [-0.1, -0.05) is 12.1 Å². The summed E-state index contributed by atoms with van der Waals surface area (Å²) in [5.74, 6) is -1.88. The van der Waals surface area contributed by atoms with Crippen molar-refractivity contribution in [1.29, 1.82) is 0 Å². The topological polar surface area (TPSA) is 82.9 Å². The van der Waals surface area contributed by atoms with Crippen LogP contribution in [-0.4, -0.2) is 31.1 Å². The zero-order chi connectivity index (χ0) is 30.0. The van der Waals surface area contributed by atoms with Crippen molar-refractivity contribution >= 4 is 22.5 Å². The Balaban J connectivity index is 1.52. The van der Waals surface area contributed by atoms with E-state index < -0.39 is 17.0 Å². The number of Topliss-reactive ketones (excluding diaryl/α,β-unsaturated/α-hetero) is 2. The van der Waals surface area contributed by atoms with Gasteiger partial charge in [0.15, 0.2) is 0 Å². The second-order valence-electron chi connectivity index (χ2n) is 11.1. The van der Waals surface area contributed by atoms with Gasteiger partial charge >= 0.3 is 0 Å². The van der Waals surface area contributed by atoms with Crippen molar-refractivity contribution in [2.24, 2.45) is 19.5 Å². The van der Waals surface area contributed by atoms with Crippen LogP contribution < -0.4 is 0 Å². The highest BCUT2D eigenvalue weighted by molar-refractivity contribution is 6.07. The summed E-state index contributed by atoms with van der Waals surface area (Å²) in [6.45, 7) is 3.73. The van der Waals surface area contributed by atoms with E-state index in [-0.39, 0.29) is 49.2 Å². The van der Waals surface area contributed by atoms with E-state index in [1.807, 2.05) is 50.2 Å². The molecule has 0 saturated heterocycles. The molecule has 0 saturated carbocycles. The van der Waals surface area contributed by atoms with Crippen LogP contribution in [0.3, 0.4) is 0 Å². The van der Waals surface area contributed by atoms with Gasteiger partial charge in [-0.25, -0.2) is 8.78 Å². The number of aromatic nitrogens is 4. The highest BCUT2D eigenvalue weighted by atomic mass is 19.1. The molecular weight excluding hydrogens is 538 g/mol. The molecule has 0 N–H and O–H groups in total. The third kappa shape index (κ3) is 6.10. The third-order valence-corrected chi connectivity index (χ3v) is 8.03. The summed E-state index contributed by atoms with van der Waals surface area (Å²) in [7, 11) is 3.59. The average molecular weight is 573 g/mol. The molecule has 0 spiro atoms. The van der Waals surface area contributed by atoms with Crippen molar-refractivity contribution in [2.75, 3.05) is 0 Å². The molecule has 0 amide bonds. The number of nitrogens with zero attached hydrogens (tertiary/aromatic N) is 4. The van der Waals surface area contributed by atoms with E-state index in [9.17, 15) is 18.4 Å². The van der Waals surface area contributed by atoms with Crippen LogP contribution in [0.15, 0.2) is 65.3 Å². The standard InChI is InChI=1S/C33H34F2N4O3/c1-21-15-27(38(3)36-21)19-33(20-28-16-22(2)37-39(28)4,32(41)12-8-24-7-9-26(34)18-29(24)35)31(40)11-6-23-5-10-30-25(17-23)13-14-42-30/h5,7,9-10,13-18H,6,8,11-12,19-20H2,1-4H3. The van der Waals surface area contributed by atoms with Crippen molar-refractivity contribution in [3.8, 4) is 0 Å². The zero-order valence-corrected chi connectivity index (χ0v) is 24.3. The molecule has 3 aromatic heterocycles. The largest absolute Gasteiger partial charge is 0.464 e. The number of rotatable bonds is 12. The Morgan fingerprint density at radius 3 is 2.00 bits per heavy atom. The van der Waals surface area contributed by atoms with Crippen LogP contribution in [0.1, 0.15) is 46.7 Å². The number of fused-ring (bicyclic) bond motifs is 1. The van der Waals surface area contributed by atoms with Crippen LogP contribution in [-0.2, 0) is 49.4 Å². The van der Waals surface area contributed by atoms with Gasteiger partial charge in [0, 0.05) is 62.6 Å². The van der Waals surface area contributed by atoms with Gasteiger partial charge < -0.3 is 4.42 Å². The van der Waals surface area contributed by atoms with E-state index >= 15 is 0 Å². The van der Waals surface area contributed by atoms with E-state index in [4.69, 9.17) is 4.42 Å². The number of carbonyl (C=O) groups excluding carboxylic acids is 2. The first kappa shape index (κ1) is 29.1. The van der Waals surface area contributed by atoms with Crippen molar-refractivity contribution in [2.45, 2.75) is 52.4 Å². The van der Waals surface area contributed by atoms with Crippen molar-refractivity contribution in [3.05, 3.63) is 106 Å².